The Hall–Kier alpha value is -1.39. The van der Waals surface area contributed by atoms with E-state index in [-0.39, 0.29) is 6.10 Å². The summed E-state index contributed by atoms with van der Waals surface area (Å²) in [4.78, 5) is 5.19. The maximum atomic E-state index is 5.52. The van der Waals surface area contributed by atoms with E-state index < -0.39 is 0 Å². The minimum atomic E-state index is 0.0358. The van der Waals surface area contributed by atoms with Crippen LogP contribution in [0.5, 0.6) is 0 Å². The summed E-state index contributed by atoms with van der Waals surface area (Å²) in [6.07, 6.45) is 0.828. The molecule has 1 aliphatic rings. The van der Waals surface area contributed by atoms with Crippen LogP contribution in [0.25, 0.3) is 0 Å². The highest BCUT2D eigenvalue weighted by atomic mass is 16.6. The second kappa shape index (κ2) is 5.09. The first kappa shape index (κ1) is 11.1. The molecule has 1 aromatic carbocycles. The summed E-state index contributed by atoms with van der Waals surface area (Å²) in [6, 6.07) is 8.15. The summed E-state index contributed by atoms with van der Waals surface area (Å²) in [7, 11) is 1.69. The van der Waals surface area contributed by atoms with Gasteiger partial charge in [0.25, 0.3) is 0 Å². The van der Waals surface area contributed by atoms with Crippen LogP contribution < -0.4 is 5.73 Å². The topological polar surface area (TPSA) is 56.8 Å². The van der Waals surface area contributed by atoms with E-state index >= 15 is 0 Å². The average molecular weight is 220 g/mol. The highest BCUT2D eigenvalue weighted by molar-refractivity contribution is 6.01. The number of benzene rings is 1. The first-order chi connectivity index (χ1) is 7.83. The molecule has 0 amide bonds. The summed E-state index contributed by atoms with van der Waals surface area (Å²) in [5.41, 5.74) is 8.74. The summed E-state index contributed by atoms with van der Waals surface area (Å²) in [5.74, 6) is 0. The van der Waals surface area contributed by atoms with Crippen LogP contribution in [-0.2, 0) is 16.2 Å². The zero-order valence-corrected chi connectivity index (χ0v) is 9.35. The van der Waals surface area contributed by atoms with Gasteiger partial charge in [0, 0.05) is 20.1 Å². The lowest BCUT2D eigenvalue weighted by atomic mass is 10.0. The van der Waals surface area contributed by atoms with Crippen molar-refractivity contribution in [2.75, 3.05) is 13.7 Å². The second-order valence-corrected chi connectivity index (χ2v) is 3.84. The largest absolute Gasteiger partial charge is 0.390 e. The first-order valence-corrected chi connectivity index (χ1v) is 5.34. The number of hydrogen-bond acceptors (Lipinski definition) is 4. The molecule has 1 heterocycles. The van der Waals surface area contributed by atoms with E-state index in [2.05, 4.69) is 5.16 Å². The summed E-state index contributed by atoms with van der Waals surface area (Å²) >= 11 is 0. The third-order valence-corrected chi connectivity index (χ3v) is 2.59. The fraction of sp³-hybridized carbons (Fsp3) is 0.417. The van der Waals surface area contributed by atoms with Gasteiger partial charge in [-0.3, -0.25) is 0 Å². The minimum absolute atomic E-state index is 0.0358. The Kier molecular flexibility index (Phi) is 3.54. The van der Waals surface area contributed by atoms with Crippen molar-refractivity contribution in [1.82, 2.24) is 0 Å². The first-order valence-electron chi connectivity index (χ1n) is 5.34. The molecule has 2 N–H and O–H groups in total. The molecule has 1 atom stereocenters. The maximum absolute atomic E-state index is 5.52. The fourth-order valence-corrected chi connectivity index (χ4v) is 1.69. The second-order valence-electron chi connectivity index (χ2n) is 3.84. The molecular weight excluding hydrogens is 204 g/mol. The molecule has 0 fully saturated rings. The van der Waals surface area contributed by atoms with Crippen LogP contribution in [0.2, 0.25) is 0 Å². The normalized spacial score (nSPS) is 19.4. The number of oxime groups is 1. The van der Waals surface area contributed by atoms with Gasteiger partial charge in [-0.1, -0.05) is 29.4 Å². The molecule has 16 heavy (non-hydrogen) atoms. The highest BCUT2D eigenvalue weighted by Crippen LogP contribution is 2.16. The molecule has 1 unspecified atom stereocenters. The SMILES string of the molecule is COCc1ccc(C2=NOC(CN)C2)cc1. The molecule has 4 nitrogen and oxygen atoms in total. The van der Waals surface area contributed by atoms with Crippen molar-refractivity contribution in [3.63, 3.8) is 0 Å². The van der Waals surface area contributed by atoms with E-state index in [4.69, 9.17) is 15.3 Å². The maximum Gasteiger partial charge on any atom is 0.145 e. The van der Waals surface area contributed by atoms with Gasteiger partial charge in [-0.15, -0.1) is 0 Å². The molecule has 0 bridgehead atoms. The van der Waals surface area contributed by atoms with Gasteiger partial charge in [0.05, 0.1) is 12.3 Å². The number of methoxy groups -OCH3 is 1. The molecule has 86 valence electrons. The third kappa shape index (κ3) is 2.40. The van der Waals surface area contributed by atoms with Gasteiger partial charge in [-0.25, -0.2) is 0 Å². The smallest absolute Gasteiger partial charge is 0.145 e. The van der Waals surface area contributed by atoms with Gasteiger partial charge in [0.15, 0.2) is 0 Å². The van der Waals surface area contributed by atoms with E-state index in [1.54, 1.807) is 7.11 Å². The average Bonchev–Trinajstić information content (AvgIpc) is 2.79. The molecule has 0 saturated carbocycles. The van der Waals surface area contributed by atoms with Crippen LogP contribution in [0.4, 0.5) is 0 Å². The van der Waals surface area contributed by atoms with Crippen molar-refractivity contribution in [1.29, 1.82) is 0 Å². The van der Waals surface area contributed by atoms with Crippen molar-refractivity contribution in [3.05, 3.63) is 35.4 Å². The molecular formula is C12H16N2O2. The Morgan fingerprint density at radius 2 is 2.19 bits per heavy atom. The zero-order valence-electron chi connectivity index (χ0n) is 9.35. The van der Waals surface area contributed by atoms with E-state index in [9.17, 15) is 0 Å². The Morgan fingerprint density at radius 3 is 2.75 bits per heavy atom. The van der Waals surface area contributed by atoms with Gasteiger partial charge in [-0.2, -0.15) is 0 Å². The predicted octanol–water partition coefficient (Wildman–Crippen LogP) is 1.28. The summed E-state index contributed by atoms with van der Waals surface area (Å²) in [6.45, 7) is 1.14. The van der Waals surface area contributed by atoms with Gasteiger partial charge in [0.2, 0.25) is 0 Å². The molecule has 1 aromatic rings. The van der Waals surface area contributed by atoms with Crippen molar-refractivity contribution in [2.45, 2.75) is 19.1 Å². The van der Waals surface area contributed by atoms with Gasteiger partial charge in [-0.05, 0) is 11.1 Å². The Bertz CT molecular complexity index is 373. The Labute approximate surface area is 95.0 Å². The van der Waals surface area contributed by atoms with Crippen LogP contribution in [-0.4, -0.2) is 25.5 Å². The van der Waals surface area contributed by atoms with Crippen molar-refractivity contribution in [2.24, 2.45) is 10.9 Å². The zero-order chi connectivity index (χ0) is 11.4. The van der Waals surface area contributed by atoms with E-state index in [1.165, 1.54) is 0 Å². The van der Waals surface area contributed by atoms with E-state index in [1.807, 2.05) is 24.3 Å². The molecule has 0 aliphatic carbocycles. The quantitative estimate of drug-likeness (QED) is 0.831. The van der Waals surface area contributed by atoms with Crippen LogP contribution in [0.1, 0.15) is 17.5 Å². The lowest BCUT2D eigenvalue weighted by molar-refractivity contribution is 0.0918. The molecule has 1 aliphatic heterocycles. The van der Waals surface area contributed by atoms with Crippen LogP contribution >= 0.6 is 0 Å². The van der Waals surface area contributed by atoms with Crippen LogP contribution in [0, 0.1) is 0 Å². The Morgan fingerprint density at radius 1 is 1.44 bits per heavy atom. The predicted molar refractivity (Wildman–Crippen MR) is 62.2 cm³/mol. The number of rotatable bonds is 4. The third-order valence-electron chi connectivity index (χ3n) is 2.59. The fourth-order valence-electron chi connectivity index (χ4n) is 1.69. The molecule has 0 saturated heterocycles. The van der Waals surface area contributed by atoms with Gasteiger partial charge >= 0.3 is 0 Å². The van der Waals surface area contributed by atoms with E-state index in [0.29, 0.717) is 13.2 Å². The highest BCUT2D eigenvalue weighted by Gasteiger charge is 2.20. The lowest BCUT2D eigenvalue weighted by Crippen LogP contribution is -2.20. The number of nitrogens with zero attached hydrogens (tertiary/aromatic N) is 1. The summed E-state index contributed by atoms with van der Waals surface area (Å²) < 4.78 is 5.06. The van der Waals surface area contributed by atoms with Crippen molar-refractivity contribution in [3.8, 4) is 0 Å². The van der Waals surface area contributed by atoms with Crippen LogP contribution in [0.15, 0.2) is 29.4 Å². The van der Waals surface area contributed by atoms with Gasteiger partial charge in [0.1, 0.15) is 6.10 Å². The molecule has 4 heteroatoms. The number of nitrogens with two attached hydrogens (primary N) is 1. The van der Waals surface area contributed by atoms with Crippen molar-refractivity contribution < 1.29 is 9.57 Å². The minimum Gasteiger partial charge on any atom is -0.390 e. The molecule has 2 rings (SSSR count). The van der Waals surface area contributed by atoms with Gasteiger partial charge < -0.3 is 15.3 Å². The molecule has 0 spiro atoms. The Balaban J connectivity index is 2.05. The number of hydrogen-bond donors (Lipinski definition) is 1. The van der Waals surface area contributed by atoms with Crippen molar-refractivity contribution >= 4 is 5.71 Å². The molecule has 0 radical (unpaired) electrons. The van der Waals surface area contributed by atoms with Crippen LogP contribution in [0.3, 0.4) is 0 Å². The number of ether oxygens (including phenoxy) is 1. The monoisotopic (exact) mass is 220 g/mol. The lowest BCUT2D eigenvalue weighted by Gasteiger charge is -2.03. The van der Waals surface area contributed by atoms with E-state index in [0.717, 1.165) is 23.3 Å². The molecule has 0 aromatic heterocycles. The summed E-state index contributed by atoms with van der Waals surface area (Å²) in [5, 5.41) is 4.04. The standard InChI is InChI=1S/C12H16N2O2/c1-15-8-9-2-4-10(5-3-9)12-6-11(7-13)16-14-12/h2-5,11H,6-8,13H2,1H3.